The van der Waals surface area contributed by atoms with Gasteiger partial charge >= 0.3 is 0 Å². The lowest BCUT2D eigenvalue weighted by atomic mass is 10.3. The summed E-state index contributed by atoms with van der Waals surface area (Å²) in [5, 5.41) is 0. The van der Waals surface area contributed by atoms with Crippen LogP contribution in [0.3, 0.4) is 0 Å². The molecule has 0 bridgehead atoms. The molecule has 0 radical (unpaired) electrons. The Morgan fingerprint density at radius 1 is 1.47 bits per heavy atom. The van der Waals surface area contributed by atoms with Gasteiger partial charge in [-0.15, -0.1) is 12.3 Å². The number of terminal acetylenes is 1. The van der Waals surface area contributed by atoms with Crippen LogP contribution in [0, 0.1) is 26.2 Å². The van der Waals surface area contributed by atoms with Gasteiger partial charge in [0.1, 0.15) is 18.2 Å². The first-order valence-electron chi connectivity index (χ1n) is 4.57. The number of aryl methyl sites for hydroxylation is 1. The van der Waals surface area contributed by atoms with E-state index in [-0.39, 0.29) is 0 Å². The Morgan fingerprint density at radius 3 is 2.80 bits per heavy atom. The lowest BCUT2D eigenvalue weighted by Crippen LogP contribution is -2.13. The summed E-state index contributed by atoms with van der Waals surface area (Å²) in [6.07, 6.45) is 5.67. The van der Waals surface area contributed by atoms with E-state index in [1.165, 1.54) is 0 Å². The van der Waals surface area contributed by atoms with Gasteiger partial charge in [-0.2, -0.15) is 4.98 Å². The number of nitrogen functional groups attached to an aromatic ring is 1. The van der Waals surface area contributed by atoms with Crippen molar-refractivity contribution in [3.8, 4) is 18.2 Å². The van der Waals surface area contributed by atoms with Crippen LogP contribution in [-0.2, 0) is 0 Å². The van der Waals surface area contributed by atoms with Gasteiger partial charge in [0.25, 0.3) is 0 Å². The standard InChI is InChI=1S/C10H14N4O/c1-4-5-6-15-10-7(2)9(14-11)12-8(3)13-10/h1H,5-6,11H2,2-3H3,(H,12,13,14). The molecule has 0 aliphatic rings. The normalized spacial score (nSPS) is 9.47. The zero-order valence-corrected chi connectivity index (χ0v) is 8.87. The molecule has 1 aromatic rings. The van der Waals surface area contributed by atoms with Gasteiger partial charge in [0.15, 0.2) is 0 Å². The number of aromatic nitrogens is 2. The number of hydrazine groups is 1. The molecule has 5 nitrogen and oxygen atoms in total. The molecule has 0 atom stereocenters. The maximum atomic E-state index is 5.41. The van der Waals surface area contributed by atoms with Gasteiger partial charge in [0.05, 0.1) is 5.56 Å². The highest BCUT2D eigenvalue weighted by Gasteiger charge is 2.08. The van der Waals surface area contributed by atoms with E-state index in [1.54, 1.807) is 6.92 Å². The van der Waals surface area contributed by atoms with Gasteiger partial charge in [-0.3, -0.25) is 0 Å². The minimum atomic E-state index is 0.442. The third-order valence-corrected chi connectivity index (χ3v) is 1.83. The van der Waals surface area contributed by atoms with E-state index in [4.69, 9.17) is 17.0 Å². The Hall–Kier alpha value is -1.80. The van der Waals surface area contributed by atoms with Crippen molar-refractivity contribution in [1.29, 1.82) is 0 Å². The first-order valence-corrected chi connectivity index (χ1v) is 4.57. The van der Waals surface area contributed by atoms with Gasteiger partial charge in [0.2, 0.25) is 5.88 Å². The fraction of sp³-hybridized carbons (Fsp3) is 0.400. The average Bonchev–Trinajstić information content (AvgIpc) is 2.23. The number of nitrogens with one attached hydrogen (secondary N) is 1. The molecular weight excluding hydrogens is 192 g/mol. The van der Waals surface area contributed by atoms with Crippen LogP contribution in [0.2, 0.25) is 0 Å². The fourth-order valence-corrected chi connectivity index (χ4v) is 1.09. The van der Waals surface area contributed by atoms with E-state index >= 15 is 0 Å². The van der Waals surface area contributed by atoms with Crippen LogP contribution >= 0.6 is 0 Å². The highest BCUT2D eigenvalue weighted by atomic mass is 16.5. The van der Waals surface area contributed by atoms with Crippen LogP contribution in [0.5, 0.6) is 5.88 Å². The minimum absolute atomic E-state index is 0.442. The Bertz CT molecular complexity index is 384. The summed E-state index contributed by atoms with van der Waals surface area (Å²) in [4.78, 5) is 8.27. The van der Waals surface area contributed by atoms with Crippen LogP contribution in [0.4, 0.5) is 5.82 Å². The number of nitrogens with two attached hydrogens (primary N) is 1. The van der Waals surface area contributed by atoms with Crippen molar-refractivity contribution in [3.63, 3.8) is 0 Å². The third-order valence-electron chi connectivity index (χ3n) is 1.83. The topological polar surface area (TPSA) is 73.1 Å². The Kier molecular flexibility index (Phi) is 3.89. The molecular formula is C10H14N4O. The molecule has 0 fully saturated rings. The lowest BCUT2D eigenvalue weighted by Gasteiger charge is -2.10. The second-order valence-corrected chi connectivity index (χ2v) is 3.00. The van der Waals surface area contributed by atoms with E-state index in [0.717, 1.165) is 5.56 Å². The van der Waals surface area contributed by atoms with Crippen molar-refractivity contribution in [1.82, 2.24) is 9.97 Å². The molecule has 0 saturated heterocycles. The fourth-order valence-electron chi connectivity index (χ4n) is 1.09. The summed E-state index contributed by atoms with van der Waals surface area (Å²) in [5.41, 5.74) is 3.27. The Labute approximate surface area is 89.0 Å². The SMILES string of the molecule is C#CCCOc1nc(C)nc(NN)c1C. The predicted molar refractivity (Wildman–Crippen MR) is 58.3 cm³/mol. The minimum Gasteiger partial charge on any atom is -0.476 e. The third kappa shape index (κ3) is 2.82. The molecule has 0 aromatic carbocycles. The first kappa shape index (κ1) is 11.3. The molecule has 0 aliphatic carbocycles. The van der Waals surface area contributed by atoms with E-state index < -0.39 is 0 Å². The summed E-state index contributed by atoms with van der Waals surface area (Å²) in [6.45, 7) is 4.05. The Balaban J connectivity index is 2.87. The van der Waals surface area contributed by atoms with Crippen LogP contribution in [-0.4, -0.2) is 16.6 Å². The van der Waals surface area contributed by atoms with Gasteiger partial charge < -0.3 is 10.2 Å². The maximum absolute atomic E-state index is 5.41. The zero-order valence-electron chi connectivity index (χ0n) is 8.87. The van der Waals surface area contributed by atoms with E-state index in [2.05, 4.69) is 21.3 Å². The van der Waals surface area contributed by atoms with Gasteiger partial charge in [-0.05, 0) is 13.8 Å². The van der Waals surface area contributed by atoms with Crippen molar-refractivity contribution in [2.24, 2.45) is 5.84 Å². The molecule has 15 heavy (non-hydrogen) atoms. The maximum Gasteiger partial charge on any atom is 0.221 e. The summed E-state index contributed by atoms with van der Waals surface area (Å²) in [6, 6.07) is 0. The number of hydrogen-bond acceptors (Lipinski definition) is 5. The van der Waals surface area contributed by atoms with E-state index in [1.807, 2.05) is 6.92 Å². The largest absolute Gasteiger partial charge is 0.476 e. The van der Waals surface area contributed by atoms with Crippen LogP contribution in [0.1, 0.15) is 17.8 Å². The molecule has 0 amide bonds. The molecule has 5 heteroatoms. The predicted octanol–water partition coefficient (Wildman–Crippen LogP) is 0.781. The smallest absolute Gasteiger partial charge is 0.221 e. The van der Waals surface area contributed by atoms with Crippen LogP contribution in [0.15, 0.2) is 0 Å². The molecule has 0 spiro atoms. The molecule has 1 rings (SSSR count). The highest BCUT2D eigenvalue weighted by molar-refractivity contribution is 5.47. The second-order valence-electron chi connectivity index (χ2n) is 3.00. The lowest BCUT2D eigenvalue weighted by molar-refractivity contribution is 0.311. The van der Waals surface area contributed by atoms with Crippen molar-refractivity contribution in [2.75, 3.05) is 12.0 Å². The monoisotopic (exact) mass is 206 g/mol. The summed E-state index contributed by atoms with van der Waals surface area (Å²) in [7, 11) is 0. The van der Waals surface area contributed by atoms with Crippen molar-refractivity contribution in [3.05, 3.63) is 11.4 Å². The summed E-state index contributed by atoms with van der Waals surface area (Å²) >= 11 is 0. The molecule has 0 aliphatic heterocycles. The molecule has 3 N–H and O–H groups in total. The average molecular weight is 206 g/mol. The summed E-state index contributed by atoms with van der Waals surface area (Å²) < 4.78 is 5.41. The number of nitrogens with zero attached hydrogens (tertiary/aromatic N) is 2. The van der Waals surface area contributed by atoms with Crippen molar-refractivity contribution < 1.29 is 4.74 Å². The molecule has 0 saturated carbocycles. The number of ether oxygens (including phenoxy) is 1. The van der Waals surface area contributed by atoms with Crippen LogP contribution < -0.4 is 16.0 Å². The molecule has 80 valence electrons. The Morgan fingerprint density at radius 2 is 2.20 bits per heavy atom. The van der Waals surface area contributed by atoms with Crippen molar-refractivity contribution >= 4 is 5.82 Å². The van der Waals surface area contributed by atoms with E-state index in [9.17, 15) is 0 Å². The summed E-state index contributed by atoms with van der Waals surface area (Å²) in [5.74, 6) is 9.50. The van der Waals surface area contributed by atoms with Crippen molar-refractivity contribution in [2.45, 2.75) is 20.3 Å². The molecule has 1 heterocycles. The van der Waals surface area contributed by atoms with Gasteiger partial charge in [0, 0.05) is 6.42 Å². The molecule has 0 unspecified atom stereocenters. The number of hydrogen-bond donors (Lipinski definition) is 2. The zero-order chi connectivity index (χ0) is 11.3. The van der Waals surface area contributed by atoms with Gasteiger partial charge in [-0.25, -0.2) is 10.8 Å². The number of rotatable bonds is 4. The van der Waals surface area contributed by atoms with Crippen LogP contribution in [0.25, 0.3) is 0 Å². The van der Waals surface area contributed by atoms with E-state index in [0.29, 0.717) is 30.5 Å². The second kappa shape index (κ2) is 5.17. The molecule has 1 aromatic heterocycles. The highest BCUT2D eigenvalue weighted by Crippen LogP contribution is 2.20. The van der Waals surface area contributed by atoms with Gasteiger partial charge in [-0.1, -0.05) is 0 Å². The quantitative estimate of drug-likeness (QED) is 0.329. The first-order chi connectivity index (χ1) is 7.19. The number of anilines is 1.